The van der Waals surface area contributed by atoms with Gasteiger partial charge in [-0.25, -0.2) is 4.98 Å². The Hall–Kier alpha value is -2.04. The molecule has 0 amide bonds. The zero-order chi connectivity index (χ0) is 9.80. The van der Waals surface area contributed by atoms with E-state index in [0.29, 0.717) is 12.2 Å². The normalized spacial score (nSPS) is 10.0. The van der Waals surface area contributed by atoms with Crippen LogP contribution in [0.4, 0.5) is 11.5 Å². The van der Waals surface area contributed by atoms with Crippen LogP contribution in [0, 0.1) is 0 Å². The molecule has 72 valence electrons. The second-order valence-corrected chi connectivity index (χ2v) is 2.94. The summed E-state index contributed by atoms with van der Waals surface area (Å²) in [6.07, 6.45) is 5.23. The number of hydrogen-bond acceptors (Lipinski definition) is 4. The van der Waals surface area contributed by atoms with Crippen LogP contribution < -0.4 is 11.1 Å². The lowest BCUT2D eigenvalue weighted by Crippen LogP contribution is -2.00. The Balaban J connectivity index is 1.95. The fraction of sp³-hybridized carbons (Fsp3) is 0.111. The maximum Gasteiger partial charge on any atom is 0.126 e. The summed E-state index contributed by atoms with van der Waals surface area (Å²) < 4.78 is 0. The Bertz CT molecular complexity index is 378. The van der Waals surface area contributed by atoms with Gasteiger partial charge in [-0.1, -0.05) is 0 Å². The zero-order valence-electron chi connectivity index (χ0n) is 7.57. The maximum atomic E-state index is 5.51. The Kier molecular flexibility index (Phi) is 2.31. The fourth-order valence-electron chi connectivity index (χ4n) is 1.08. The van der Waals surface area contributed by atoms with Crippen molar-refractivity contribution in [1.82, 2.24) is 15.2 Å². The second-order valence-electron chi connectivity index (χ2n) is 2.94. The first kappa shape index (κ1) is 8.55. The van der Waals surface area contributed by atoms with E-state index in [-0.39, 0.29) is 0 Å². The van der Waals surface area contributed by atoms with Crippen molar-refractivity contribution in [2.24, 2.45) is 0 Å². The Morgan fingerprint density at radius 1 is 1.36 bits per heavy atom. The molecule has 14 heavy (non-hydrogen) atoms. The number of nitrogens with two attached hydrogens (primary N) is 1. The molecule has 0 saturated heterocycles. The number of nitrogens with zero attached hydrogens (tertiary/aromatic N) is 2. The van der Waals surface area contributed by atoms with Gasteiger partial charge in [0.2, 0.25) is 0 Å². The van der Waals surface area contributed by atoms with Gasteiger partial charge in [0.05, 0.1) is 18.1 Å². The van der Waals surface area contributed by atoms with Crippen LogP contribution in [0.15, 0.2) is 30.7 Å². The van der Waals surface area contributed by atoms with E-state index in [1.165, 1.54) is 0 Å². The van der Waals surface area contributed by atoms with Gasteiger partial charge in [-0.2, -0.15) is 5.10 Å². The van der Waals surface area contributed by atoms with Crippen molar-refractivity contribution in [3.8, 4) is 0 Å². The van der Waals surface area contributed by atoms with Gasteiger partial charge in [0.15, 0.2) is 0 Å². The van der Waals surface area contributed by atoms with E-state index in [0.717, 1.165) is 11.4 Å². The molecule has 0 aliphatic carbocycles. The van der Waals surface area contributed by atoms with E-state index < -0.39 is 0 Å². The minimum atomic E-state index is 0.666. The number of aromatic amines is 1. The van der Waals surface area contributed by atoms with Gasteiger partial charge in [0.1, 0.15) is 5.82 Å². The van der Waals surface area contributed by atoms with Gasteiger partial charge in [0, 0.05) is 18.3 Å². The van der Waals surface area contributed by atoms with Crippen molar-refractivity contribution in [2.75, 3.05) is 11.1 Å². The molecule has 0 fully saturated rings. The number of H-pyrrole nitrogens is 1. The first-order valence-corrected chi connectivity index (χ1v) is 4.27. The van der Waals surface area contributed by atoms with Crippen LogP contribution in [0.5, 0.6) is 0 Å². The molecule has 0 spiro atoms. The van der Waals surface area contributed by atoms with Crippen LogP contribution in [-0.2, 0) is 6.54 Å². The molecule has 5 nitrogen and oxygen atoms in total. The average Bonchev–Trinajstić information content (AvgIpc) is 2.70. The zero-order valence-corrected chi connectivity index (χ0v) is 7.57. The molecule has 2 aromatic heterocycles. The summed E-state index contributed by atoms with van der Waals surface area (Å²) in [4.78, 5) is 4.11. The number of hydrogen-bond donors (Lipinski definition) is 3. The van der Waals surface area contributed by atoms with Gasteiger partial charge in [-0.05, 0) is 12.1 Å². The van der Waals surface area contributed by atoms with Gasteiger partial charge < -0.3 is 11.1 Å². The summed E-state index contributed by atoms with van der Waals surface area (Å²) >= 11 is 0. The van der Waals surface area contributed by atoms with Gasteiger partial charge in [-0.3, -0.25) is 5.10 Å². The standard InChI is InChI=1S/C9H11N5/c10-8-1-2-9(12-6-8)11-3-7-4-13-14-5-7/h1-2,4-6H,3,10H2,(H,11,12)(H,13,14). The lowest BCUT2D eigenvalue weighted by Gasteiger charge is -2.02. The molecule has 0 atom stereocenters. The van der Waals surface area contributed by atoms with Crippen LogP contribution >= 0.6 is 0 Å². The van der Waals surface area contributed by atoms with Gasteiger partial charge in [-0.15, -0.1) is 0 Å². The van der Waals surface area contributed by atoms with E-state index in [1.54, 1.807) is 12.4 Å². The van der Waals surface area contributed by atoms with E-state index >= 15 is 0 Å². The van der Waals surface area contributed by atoms with E-state index in [2.05, 4.69) is 20.5 Å². The molecular weight excluding hydrogens is 178 g/mol. The maximum absolute atomic E-state index is 5.51. The highest BCUT2D eigenvalue weighted by Gasteiger charge is 1.95. The molecule has 5 heteroatoms. The number of nitrogens with one attached hydrogen (secondary N) is 2. The summed E-state index contributed by atoms with van der Waals surface area (Å²) in [5.41, 5.74) is 7.26. The smallest absolute Gasteiger partial charge is 0.126 e. The Morgan fingerprint density at radius 2 is 2.29 bits per heavy atom. The monoisotopic (exact) mass is 189 g/mol. The SMILES string of the molecule is Nc1ccc(NCc2cn[nH]c2)nc1. The van der Waals surface area contributed by atoms with Gasteiger partial charge in [0.25, 0.3) is 0 Å². The Labute approximate surface area is 81.4 Å². The molecule has 2 rings (SSSR count). The first-order valence-electron chi connectivity index (χ1n) is 4.27. The topological polar surface area (TPSA) is 79.6 Å². The van der Waals surface area contributed by atoms with Crippen molar-refractivity contribution in [2.45, 2.75) is 6.54 Å². The van der Waals surface area contributed by atoms with E-state index in [9.17, 15) is 0 Å². The summed E-state index contributed by atoms with van der Waals surface area (Å²) in [6.45, 7) is 0.702. The molecule has 0 unspecified atom stereocenters. The summed E-state index contributed by atoms with van der Waals surface area (Å²) in [6, 6.07) is 3.65. The second kappa shape index (κ2) is 3.78. The highest BCUT2D eigenvalue weighted by Crippen LogP contribution is 2.07. The summed E-state index contributed by atoms with van der Waals surface area (Å²) in [5, 5.41) is 9.74. The highest BCUT2D eigenvalue weighted by molar-refractivity contribution is 5.43. The largest absolute Gasteiger partial charge is 0.397 e. The van der Waals surface area contributed by atoms with Crippen molar-refractivity contribution in [3.05, 3.63) is 36.3 Å². The van der Waals surface area contributed by atoms with Crippen LogP contribution in [0.2, 0.25) is 0 Å². The lowest BCUT2D eigenvalue weighted by molar-refractivity contribution is 1.09. The predicted octanol–water partition coefficient (Wildman–Crippen LogP) is 0.999. The predicted molar refractivity (Wildman–Crippen MR) is 54.6 cm³/mol. The first-order chi connectivity index (χ1) is 6.84. The van der Waals surface area contributed by atoms with Crippen molar-refractivity contribution in [3.63, 3.8) is 0 Å². The van der Waals surface area contributed by atoms with Crippen molar-refractivity contribution >= 4 is 11.5 Å². The van der Waals surface area contributed by atoms with E-state index in [4.69, 9.17) is 5.73 Å². The summed E-state index contributed by atoms with van der Waals surface area (Å²) in [7, 11) is 0. The molecule has 0 aliphatic rings. The third kappa shape index (κ3) is 2.01. The fourth-order valence-corrected chi connectivity index (χ4v) is 1.08. The van der Waals surface area contributed by atoms with Crippen LogP contribution in [0.3, 0.4) is 0 Å². The summed E-state index contributed by atoms with van der Waals surface area (Å²) in [5.74, 6) is 0.806. The van der Waals surface area contributed by atoms with Crippen LogP contribution in [0.1, 0.15) is 5.56 Å². The molecule has 0 bridgehead atoms. The number of aromatic nitrogens is 3. The molecule has 2 aromatic rings. The average molecular weight is 189 g/mol. The number of rotatable bonds is 3. The van der Waals surface area contributed by atoms with Crippen LogP contribution in [0.25, 0.3) is 0 Å². The molecule has 2 heterocycles. The van der Waals surface area contributed by atoms with E-state index in [1.807, 2.05) is 18.3 Å². The molecule has 0 radical (unpaired) electrons. The molecule has 0 saturated carbocycles. The lowest BCUT2D eigenvalue weighted by atomic mass is 10.3. The number of pyridine rings is 1. The van der Waals surface area contributed by atoms with Crippen molar-refractivity contribution in [1.29, 1.82) is 0 Å². The Morgan fingerprint density at radius 3 is 2.93 bits per heavy atom. The third-order valence-corrected chi connectivity index (χ3v) is 1.81. The number of anilines is 2. The molecular formula is C9H11N5. The minimum Gasteiger partial charge on any atom is -0.397 e. The molecule has 0 aromatic carbocycles. The van der Waals surface area contributed by atoms with Crippen molar-refractivity contribution < 1.29 is 0 Å². The minimum absolute atomic E-state index is 0.666. The van der Waals surface area contributed by atoms with Crippen LogP contribution in [-0.4, -0.2) is 15.2 Å². The quantitative estimate of drug-likeness (QED) is 0.673. The van der Waals surface area contributed by atoms with Gasteiger partial charge >= 0.3 is 0 Å². The molecule has 4 N–H and O–H groups in total. The highest BCUT2D eigenvalue weighted by atomic mass is 15.1. The number of nitrogen functional groups attached to an aromatic ring is 1. The third-order valence-electron chi connectivity index (χ3n) is 1.81. The molecule has 0 aliphatic heterocycles.